The Labute approximate surface area is 89.6 Å². The van der Waals surface area contributed by atoms with Gasteiger partial charge >= 0.3 is 0 Å². The summed E-state index contributed by atoms with van der Waals surface area (Å²) >= 11 is 5.56. The maximum absolute atomic E-state index is 13.4. The molecule has 0 spiro atoms. The summed E-state index contributed by atoms with van der Waals surface area (Å²) in [7, 11) is 0. The molecule has 0 aliphatic carbocycles. The molecular weight excluding hydrogens is 219 g/mol. The number of hydrogen-bond acceptors (Lipinski definition) is 3. The molecule has 2 rings (SSSR count). The lowest BCUT2D eigenvalue weighted by Crippen LogP contribution is -2.02. The fraction of sp³-hybridized carbons (Fsp3) is 0. The molecule has 0 saturated carbocycles. The van der Waals surface area contributed by atoms with E-state index in [4.69, 9.17) is 16.9 Å². The summed E-state index contributed by atoms with van der Waals surface area (Å²) in [6.45, 7) is 0. The maximum Gasteiger partial charge on any atom is 0.218 e. The molecule has 0 aromatic carbocycles. The number of imidazole rings is 1. The molecule has 0 radical (unpaired) electrons. The lowest BCUT2D eigenvalue weighted by atomic mass is 10.4. The van der Waals surface area contributed by atoms with Gasteiger partial charge < -0.3 is 0 Å². The second-order valence-electron chi connectivity index (χ2n) is 2.69. The monoisotopic (exact) mass is 222 g/mol. The van der Waals surface area contributed by atoms with E-state index in [1.165, 1.54) is 23.2 Å². The summed E-state index contributed by atoms with van der Waals surface area (Å²) in [5.41, 5.74) is 0. The van der Waals surface area contributed by atoms with Crippen molar-refractivity contribution in [1.29, 1.82) is 5.26 Å². The highest BCUT2D eigenvalue weighted by Gasteiger charge is 2.10. The molecule has 0 saturated heterocycles. The van der Waals surface area contributed by atoms with E-state index in [0.717, 1.165) is 6.07 Å². The normalized spacial score (nSPS) is 9.93. The summed E-state index contributed by atoms with van der Waals surface area (Å²) in [5, 5.41) is 8.91. The predicted octanol–water partition coefficient (Wildman–Crippen LogP) is 1.93. The Bertz CT molecular complexity index is 543. The van der Waals surface area contributed by atoms with E-state index in [2.05, 4.69) is 9.97 Å². The van der Waals surface area contributed by atoms with Gasteiger partial charge in [0.25, 0.3) is 0 Å². The molecule has 2 aromatic heterocycles. The summed E-state index contributed by atoms with van der Waals surface area (Å²) in [6.07, 6.45) is 4.16. The van der Waals surface area contributed by atoms with Crippen LogP contribution in [0.2, 0.25) is 5.02 Å². The minimum atomic E-state index is -0.600. The van der Waals surface area contributed by atoms with Crippen LogP contribution < -0.4 is 0 Å². The van der Waals surface area contributed by atoms with Crippen molar-refractivity contribution in [3.8, 4) is 11.9 Å². The topological polar surface area (TPSA) is 54.5 Å². The molecule has 0 fully saturated rings. The number of halogens is 2. The van der Waals surface area contributed by atoms with Gasteiger partial charge in [-0.15, -0.1) is 0 Å². The smallest absolute Gasteiger partial charge is 0.218 e. The Balaban J connectivity index is 2.60. The first-order chi connectivity index (χ1) is 7.22. The molecular formula is C9H4ClFN4. The van der Waals surface area contributed by atoms with E-state index in [1.807, 2.05) is 6.07 Å². The largest absolute Gasteiger partial charge is 0.273 e. The van der Waals surface area contributed by atoms with Gasteiger partial charge in [0.15, 0.2) is 11.6 Å². The Morgan fingerprint density at radius 1 is 1.47 bits per heavy atom. The van der Waals surface area contributed by atoms with Gasteiger partial charge in [-0.25, -0.2) is 14.4 Å². The molecule has 15 heavy (non-hydrogen) atoms. The SMILES string of the molecule is N#Cc1nccn1-c1ncc(Cl)cc1F. The van der Waals surface area contributed by atoms with Gasteiger partial charge in [-0.1, -0.05) is 11.6 Å². The number of aromatic nitrogens is 3. The third-order valence-electron chi connectivity index (χ3n) is 1.76. The number of rotatable bonds is 1. The van der Waals surface area contributed by atoms with Crippen molar-refractivity contribution >= 4 is 11.6 Å². The van der Waals surface area contributed by atoms with E-state index in [1.54, 1.807) is 0 Å². The zero-order valence-corrected chi connectivity index (χ0v) is 8.11. The Morgan fingerprint density at radius 3 is 2.93 bits per heavy atom. The summed E-state index contributed by atoms with van der Waals surface area (Å²) in [5.74, 6) is -0.519. The van der Waals surface area contributed by atoms with Gasteiger partial charge in [-0.3, -0.25) is 4.57 Å². The molecule has 0 N–H and O–H groups in total. The van der Waals surface area contributed by atoms with Crippen LogP contribution in [-0.4, -0.2) is 14.5 Å². The molecule has 2 aromatic rings. The van der Waals surface area contributed by atoms with Crippen LogP contribution in [0.15, 0.2) is 24.7 Å². The van der Waals surface area contributed by atoms with Crippen LogP contribution in [-0.2, 0) is 0 Å². The van der Waals surface area contributed by atoms with E-state index < -0.39 is 5.82 Å². The van der Waals surface area contributed by atoms with E-state index in [0.29, 0.717) is 0 Å². The van der Waals surface area contributed by atoms with Crippen molar-refractivity contribution in [2.75, 3.05) is 0 Å². The molecule has 0 aliphatic rings. The van der Waals surface area contributed by atoms with Crippen molar-refractivity contribution in [2.24, 2.45) is 0 Å². The molecule has 0 bridgehead atoms. The lowest BCUT2D eigenvalue weighted by Gasteiger charge is -2.03. The van der Waals surface area contributed by atoms with Gasteiger partial charge in [0.2, 0.25) is 5.82 Å². The van der Waals surface area contributed by atoms with Gasteiger partial charge in [-0.2, -0.15) is 5.26 Å². The Morgan fingerprint density at radius 2 is 2.27 bits per heavy atom. The number of hydrogen-bond donors (Lipinski definition) is 0. The van der Waals surface area contributed by atoms with Gasteiger partial charge in [0, 0.05) is 18.6 Å². The van der Waals surface area contributed by atoms with Gasteiger partial charge in [0.05, 0.1) is 5.02 Å². The van der Waals surface area contributed by atoms with Crippen LogP contribution >= 0.6 is 11.6 Å². The quantitative estimate of drug-likeness (QED) is 0.741. The van der Waals surface area contributed by atoms with Crippen molar-refractivity contribution in [3.05, 3.63) is 41.3 Å². The second-order valence-corrected chi connectivity index (χ2v) is 3.13. The number of nitriles is 1. The van der Waals surface area contributed by atoms with Crippen LogP contribution in [0.3, 0.4) is 0 Å². The first-order valence-electron chi connectivity index (χ1n) is 3.97. The third-order valence-corrected chi connectivity index (χ3v) is 1.96. The molecule has 0 amide bonds. The first kappa shape index (κ1) is 9.62. The second kappa shape index (κ2) is 3.67. The average Bonchev–Trinajstić information content (AvgIpc) is 2.65. The molecule has 0 aliphatic heterocycles. The molecule has 4 nitrogen and oxygen atoms in total. The van der Waals surface area contributed by atoms with Crippen molar-refractivity contribution < 1.29 is 4.39 Å². The zero-order valence-electron chi connectivity index (χ0n) is 7.35. The van der Waals surface area contributed by atoms with E-state index in [-0.39, 0.29) is 16.7 Å². The minimum Gasteiger partial charge on any atom is -0.273 e. The van der Waals surface area contributed by atoms with Crippen molar-refractivity contribution in [1.82, 2.24) is 14.5 Å². The van der Waals surface area contributed by atoms with E-state index in [9.17, 15) is 4.39 Å². The molecule has 74 valence electrons. The fourth-order valence-electron chi connectivity index (χ4n) is 1.14. The van der Waals surface area contributed by atoms with Gasteiger partial charge in [-0.05, 0) is 6.07 Å². The summed E-state index contributed by atoms with van der Waals surface area (Å²) < 4.78 is 14.7. The molecule has 0 atom stereocenters. The van der Waals surface area contributed by atoms with Crippen LogP contribution in [0.1, 0.15) is 5.82 Å². The fourth-order valence-corrected chi connectivity index (χ4v) is 1.29. The van der Waals surface area contributed by atoms with Crippen LogP contribution in [0.5, 0.6) is 0 Å². The van der Waals surface area contributed by atoms with Crippen molar-refractivity contribution in [2.45, 2.75) is 0 Å². The van der Waals surface area contributed by atoms with Crippen LogP contribution in [0.4, 0.5) is 4.39 Å². The maximum atomic E-state index is 13.4. The van der Waals surface area contributed by atoms with E-state index >= 15 is 0 Å². The highest BCUT2D eigenvalue weighted by molar-refractivity contribution is 6.30. The Kier molecular flexibility index (Phi) is 2.35. The van der Waals surface area contributed by atoms with Crippen molar-refractivity contribution in [3.63, 3.8) is 0 Å². The highest BCUT2D eigenvalue weighted by atomic mass is 35.5. The number of pyridine rings is 1. The number of nitrogens with zero attached hydrogens (tertiary/aromatic N) is 4. The van der Waals surface area contributed by atoms with Crippen LogP contribution in [0.25, 0.3) is 5.82 Å². The predicted molar refractivity (Wildman–Crippen MR) is 51.0 cm³/mol. The minimum absolute atomic E-state index is 0.00782. The standard InChI is InChI=1S/C9H4ClFN4/c10-6-3-7(11)9(14-5-6)15-2-1-13-8(15)4-12/h1-3,5H. The van der Waals surface area contributed by atoms with Crippen LogP contribution in [0, 0.1) is 17.1 Å². The molecule has 6 heteroatoms. The zero-order chi connectivity index (χ0) is 10.8. The Hall–Kier alpha value is -1.93. The first-order valence-corrected chi connectivity index (χ1v) is 4.35. The van der Waals surface area contributed by atoms with Gasteiger partial charge in [0.1, 0.15) is 6.07 Å². The third kappa shape index (κ3) is 1.67. The lowest BCUT2D eigenvalue weighted by molar-refractivity contribution is 0.609. The summed E-state index contributed by atoms with van der Waals surface area (Å²) in [4.78, 5) is 7.53. The molecule has 0 unspecified atom stereocenters. The molecule has 2 heterocycles. The highest BCUT2D eigenvalue weighted by Crippen LogP contribution is 2.16. The summed E-state index contributed by atoms with van der Waals surface area (Å²) in [6, 6.07) is 2.96. The average molecular weight is 223 g/mol.